The molecular weight excluding hydrogens is 392 g/mol. The first-order valence-corrected chi connectivity index (χ1v) is 10.6. The maximum atomic E-state index is 12.4. The van der Waals surface area contributed by atoms with Gasteiger partial charge in [0.2, 0.25) is 0 Å². The Morgan fingerprint density at radius 2 is 2.07 bits per heavy atom. The van der Waals surface area contributed by atoms with E-state index in [9.17, 15) is 9.59 Å². The van der Waals surface area contributed by atoms with Gasteiger partial charge in [-0.05, 0) is 25.1 Å². The lowest BCUT2D eigenvalue weighted by molar-refractivity contribution is -0.121. The van der Waals surface area contributed by atoms with E-state index in [1.807, 2.05) is 24.3 Å². The minimum atomic E-state index is -0.178. The molecule has 4 rings (SSSR count). The van der Waals surface area contributed by atoms with Crippen molar-refractivity contribution in [2.45, 2.75) is 13.0 Å². The van der Waals surface area contributed by atoms with Gasteiger partial charge in [0.1, 0.15) is 16.5 Å². The van der Waals surface area contributed by atoms with Crippen molar-refractivity contribution in [3.8, 4) is 5.75 Å². The van der Waals surface area contributed by atoms with Crippen molar-refractivity contribution in [3.05, 3.63) is 40.3 Å². The molecule has 2 aliphatic heterocycles. The maximum absolute atomic E-state index is 12.4. The van der Waals surface area contributed by atoms with Crippen LogP contribution in [0.5, 0.6) is 5.75 Å². The highest BCUT2D eigenvalue weighted by atomic mass is 32.1. The monoisotopic (exact) mass is 416 g/mol. The Balaban J connectivity index is 1.29. The topological polar surface area (TPSA) is 84.0 Å². The summed E-state index contributed by atoms with van der Waals surface area (Å²) in [5.74, 6) is 0.387. The largest absolute Gasteiger partial charge is 0.482 e. The number of ether oxygens (including phenoxy) is 2. The van der Waals surface area contributed by atoms with Gasteiger partial charge in [-0.3, -0.25) is 19.4 Å². The molecule has 9 heteroatoms. The second-order valence-corrected chi connectivity index (χ2v) is 7.87. The van der Waals surface area contributed by atoms with E-state index in [4.69, 9.17) is 9.47 Å². The average molecular weight is 417 g/mol. The number of carbonyl (C=O) groups excluding carboxylic acids is 2. The van der Waals surface area contributed by atoms with Crippen LogP contribution in [0.4, 0.5) is 5.69 Å². The van der Waals surface area contributed by atoms with Gasteiger partial charge >= 0.3 is 0 Å². The van der Waals surface area contributed by atoms with E-state index >= 15 is 0 Å². The van der Waals surface area contributed by atoms with Gasteiger partial charge in [0.25, 0.3) is 11.8 Å². The Labute approximate surface area is 173 Å². The predicted octanol–water partition coefficient (Wildman–Crippen LogP) is 1.52. The van der Waals surface area contributed by atoms with Crippen LogP contribution in [0.25, 0.3) is 0 Å². The number of nitrogens with one attached hydrogen (secondary N) is 1. The molecule has 0 unspecified atom stereocenters. The zero-order valence-corrected chi connectivity index (χ0v) is 17.0. The number of anilines is 1. The van der Waals surface area contributed by atoms with E-state index < -0.39 is 0 Å². The molecule has 0 saturated carbocycles. The van der Waals surface area contributed by atoms with E-state index in [1.54, 1.807) is 10.3 Å². The third kappa shape index (κ3) is 4.92. The standard InChI is InChI=1S/C20H24N4O4S/c25-19-13-28-17-5-2-1-4-16(17)24(19)12-18-22-15(14-29-18)20(26)21-6-3-7-23-8-10-27-11-9-23/h1-2,4-5,14H,3,6-13H2,(H,21,26). The van der Waals surface area contributed by atoms with E-state index in [0.29, 0.717) is 29.5 Å². The van der Waals surface area contributed by atoms with Gasteiger partial charge in [-0.2, -0.15) is 0 Å². The van der Waals surface area contributed by atoms with Crippen LogP contribution in [0.15, 0.2) is 29.6 Å². The third-order valence-corrected chi connectivity index (χ3v) is 5.76. The van der Waals surface area contributed by atoms with Crippen LogP contribution in [0.1, 0.15) is 21.9 Å². The summed E-state index contributed by atoms with van der Waals surface area (Å²) in [6, 6.07) is 7.43. The molecule has 1 aromatic carbocycles. The fourth-order valence-corrected chi connectivity index (χ4v) is 4.13. The number of morpholine rings is 1. The van der Waals surface area contributed by atoms with Crippen molar-refractivity contribution in [2.24, 2.45) is 0 Å². The van der Waals surface area contributed by atoms with Gasteiger partial charge in [-0.25, -0.2) is 4.98 Å². The molecule has 1 N–H and O–H groups in total. The molecule has 0 atom stereocenters. The van der Waals surface area contributed by atoms with Crippen molar-refractivity contribution in [2.75, 3.05) is 50.9 Å². The van der Waals surface area contributed by atoms with E-state index in [0.717, 1.165) is 45.0 Å². The van der Waals surface area contributed by atoms with Crippen molar-refractivity contribution < 1.29 is 19.1 Å². The molecule has 1 aromatic heterocycles. The number of hydrogen-bond donors (Lipinski definition) is 1. The van der Waals surface area contributed by atoms with Crippen molar-refractivity contribution in [3.63, 3.8) is 0 Å². The summed E-state index contributed by atoms with van der Waals surface area (Å²) in [4.78, 5) is 33.1. The first-order valence-electron chi connectivity index (χ1n) is 9.75. The number of carbonyl (C=O) groups is 2. The quantitative estimate of drug-likeness (QED) is 0.689. The Morgan fingerprint density at radius 1 is 1.24 bits per heavy atom. The number of aromatic nitrogens is 1. The molecule has 8 nitrogen and oxygen atoms in total. The van der Waals surface area contributed by atoms with Crippen LogP contribution in [0.3, 0.4) is 0 Å². The molecule has 1 fully saturated rings. The molecule has 2 aliphatic rings. The summed E-state index contributed by atoms with van der Waals surface area (Å²) in [5.41, 5.74) is 1.12. The van der Waals surface area contributed by atoms with Gasteiger partial charge in [0.15, 0.2) is 6.61 Å². The number of amides is 2. The van der Waals surface area contributed by atoms with Gasteiger partial charge in [-0.1, -0.05) is 12.1 Å². The number of thiazole rings is 1. The molecule has 3 heterocycles. The molecule has 2 amide bonds. The Hall–Kier alpha value is -2.49. The SMILES string of the molecule is O=C(NCCCN1CCOCC1)c1csc(CN2C(=O)COc3ccccc32)n1. The van der Waals surface area contributed by atoms with Crippen LogP contribution >= 0.6 is 11.3 Å². The van der Waals surface area contributed by atoms with Crippen molar-refractivity contribution in [1.82, 2.24) is 15.2 Å². The Morgan fingerprint density at radius 3 is 2.93 bits per heavy atom. The molecule has 0 spiro atoms. The highest BCUT2D eigenvalue weighted by Gasteiger charge is 2.26. The van der Waals surface area contributed by atoms with Gasteiger partial charge < -0.3 is 14.8 Å². The lowest BCUT2D eigenvalue weighted by Gasteiger charge is -2.28. The van der Waals surface area contributed by atoms with Crippen LogP contribution in [0, 0.1) is 0 Å². The first-order chi connectivity index (χ1) is 14.2. The van der Waals surface area contributed by atoms with Crippen LogP contribution in [-0.4, -0.2) is 67.7 Å². The normalized spacial score (nSPS) is 17.0. The number of nitrogens with zero attached hydrogens (tertiary/aromatic N) is 3. The molecule has 0 aliphatic carbocycles. The maximum Gasteiger partial charge on any atom is 0.270 e. The second kappa shape index (κ2) is 9.34. The number of hydrogen-bond acceptors (Lipinski definition) is 7. The summed E-state index contributed by atoms with van der Waals surface area (Å²) in [6.45, 7) is 5.36. The van der Waals surface area contributed by atoms with Crippen molar-refractivity contribution in [1.29, 1.82) is 0 Å². The highest BCUT2D eigenvalue weighted by Crippen LogP contribution is 2.32. The molecular formula is C20H24N4O4S. The lowest BCUT2D eigenvalue weighted by atomic mass is 10.2. The Kier molecular flexibility index (Phi) is 6.38. The van der Waals surface area contributed by atoms with Gasteiger partial charge in [0.05, 0.1) is 25.4 Å². The molecule has 1 saturated heterocycles. The summed E-state index contributed by atoms with van der Waals surface area (Å²) >= 11 is 1.38. The van der Waals surface area contributed by atoms with E-state index in [-0.39, 0.29) is 18.4 Å². The summed E-state index contributed by atoms with van der Waals surface area (Å²) in [6.07, 6.45) is 0.891. The predicted molar refractivity (Wildman–Crippen MR) is 109 cm³/mol. The molecule has 29 heavy (non-hydrogen) atoms. The zero-order valence-electron chi connectivity index (χ0n) is 16.1. The average Bonchev–Trinajstić information content (AvgIpc) is 3.23. The number of rotatable bonds is 7. The van der Waals surface area contributed by atoms with Crippen LogP contribution < -0.4 is 15.0 Å². The number of fused-ring (bicyclic) bond motifs is 1. The van der Waals surface area contributed by atoms with Crippen molar-refractivity contribution >= 4 is 28.8 Å². The first kappa shape index (κ1) is 19.8. The molecule has 2 aromatic rings. The molecule has 0 radical (unpaired) electrons. The minimum absolute atomic E-state index is 0.0128. The van der Waals surface area contributed by atoms with Crippen LogP contribution in [0.2, 0.25) is 0 Å². The zero-order chi connectivity index (χ0) is 20.1. The summed E-state index contributed by atoms with van der Waals surface area (Å²) in [7, 11) is 0. The van der Waals surface area contributed by atoms with E-state index in [1.165, 1.54) is 11.3 Å². The number of para-hydroxylation sites is 2. The summed E-state index contributed by atoms with van der Waals surface area (Å²) < 4.78 is 10.8. The fourth-order valence-electron chi connectivity index (χ4n) is 3.37. The second-order valence-electron chi connectivity index (χ2n) is 6.93. The molecule has 154 valence electrons. The lowest BCUT2D eigenvalue weighted by Crippen LogP contribution is -2.38. The van der Waals surface area contributed by atoms with Crippen LogP contribution in [-0.2, 0) is 16.1 Å². The van der Waals surface area contributed by atoms with E-state index in [2.05, 4.69) is 15.2 Å². The van der Waals surface area contributed by atoms with Gasteiger partial charge in [0, 0.05) is 25.0 Å². The smallest absolute Gasteiger partial charge is 0.270 e. The van der Waals surface area contributed by atoms with Gasteiger partial charge in [-0.15, -0.1) is 11.3 Å². The highest BCUT2D eigenvalue weighted by molar-refractivity contribution is 7.09. The minimum Gasteiger partial charge on any atom is -0.482 e. The molecule has 0 bridgehead atoms. The summed E-state index contributed by atoms with van der Waals surface area (Å²) in [5, 5.41) is 5.38. The Bertz CT molecular complexity index is 866. The third-order valence-electron chi connectivity index (χ3n) is 4.93. The number of benzene rings is 1. The fraction of sp³-hybridized carbons (Fsp3) is 0.450.